The lowest BCUT2D eigenvalue weighted by Crippen LogP contribution is -2.41. The molecule has 1 fully saturated rings. The number of hydrogen-bond acceptors (Lipinski definition) is 3. The van der Waals surface area contributed by atoms with E-state index in [0.29, 0.717) is 32.0 Å². The van der Waals surface area contributed by atoms with Crippen LogP contribution in [-0.2, 0) is 4.79 Å². The van der Waals surface area contributed by atoms with Crippen molar-refractivity contribution >= 4 is 5.91 Å². The van der Waals surface area contributed by atoms with Gasteiger partial charge in [0.05, 0.1) is 0 Å². The summed E-state index contributed by atoms with van der Waals surface area (Å²) in [6.07, 6.45) is 0.191. The predicted octanol–water partition coefficient (Wildman–Crippen LogP) is 3.35. The van der Waals surface area contributed by atoms with Gasteiger partial charge >= 0.3 is 0 Å². The standard InChI is InChI=1S/C22H28N2O2/c1-3-21(26-19-11-7-8-16(2)12-19)22(25)24-14-18(13-23)20(15-24)17-9-5-4-6-10-17/h4-12,18,20-21H,3,13-15,23H2,1-2H3/t18-,20+,21?/m1/s1. The van der Waals surface area contributed by atoms with Crippen molar-refractivity contribution < 1.29 is 9.53 Å². The Bertz CT molecular complexity index is 732. The van der Waals surface area contributed by atoms with Crippen LogP contribution in [0.4, 0.5) is 0 Å². The number of amides is 1. The van der Waals surface area contributed by atoms with Crippen molar-refractivity contribution in [2.45, 2.75) is 32.3 Å². The second kappa shape index (κ2) is 8.37. The van der Waals surface area contributed by atoms with Crippen LogP contribution in [0.25, 0.3) is 0 Å². The molecule has 1 aliphatic heterocycles. The Hall–Kier alpha value is -2.33. The number of carbonyl (C=O) groups is 1. The van der Waals surface area contributed by atoms with E-state index < -0.39 is 6.10 Å². The van der Waals surface area contributed by atoms with Crippen LogP contribution in [0.3, 0.4) is 0 Å². The number of hydrogen-bond donors (Lipinski definition) is 1. The van der Waals surface area contributed by atoms with Gasteiger partial charge in [0.2, 0.25) is 0 Å². The van der Waals surface area contributed by atoms with Crippen molar-refractivity contribution in [2.75, 3.05) is 19.6 Å². The Morgan fingerprint density at radius 3 is 2.62 bits per heavy atom. The van der Waals surface area contributed by atoms with Gasteiger partial charge < -0.3 is 15.4 Å². The van der Waals surface area contributed by atoms with Gasteiger partial charge in [-0.05, 0) is 49.1 Å². The molecule has 3 rings (SSSR count). The fourth-order valence-electron chi connectivity index (χ4n) is 3.73. The Kier molecular flexibility index (Phi) is 5.94. The minimum absolute atomic E-state index is 0.0610. The van der Waals surface area contributed by atoms with E-state index in [9.17, 15) is 4.79 Å². The maximum Gasteiger partial charge on any atom is 0.263 e. The zero-order chi connectivity index (χ0) is 18.5. The minimum atomic E-state index is -0.454. The molecule has 3 atom stereocenters. The smallest absolute Gasteiger partial charge is 0.263 e. The van der Waals surface area contributed by atoms with E-state index in [1.54, 1.807) is 0 Å². The topological polar surface area (TPSA) is 55.6 Å². The number of ether oxygens (including phenoxy) is 1. The first-order chi connectivity index (χ1) is 12.6. The lowest BCUT2D eigenvalue weighted by molar-refractivity contribution is -0.137. The Morgan fingerprint density at radius 1 is 1.19 bits per heavy atom. The van der Waals surface area contributed by atoms with Crippen LogP contribution < -0.4 is 10.5 Å². The molecule has 0 spiro atoms. The van der Waals surface area contributed by atoms with Crippen molar-refractivity contribution in [3.05, 3.63) is 65.7 Å². The van der Waals surface area contributed by atoms with Gasteiger partial charge in [-0.2, -0.15) is 0 Å². The summed E-state index contributed by atoms with van der Waals surface area (Å²) in [6.45, 7) is 6.00. The SMILES string of the molecule is CCC(Oc1cccc(C)c1)C(=O)N1C[C@@H](CN)[C@H](c2ccccc2)C1. The fourth-order valence-corrected chi connectivity index (χ4v) is 3.73. The molecule has 1 unspecified atom stereocenters. The van der Waals surface area contributed by atoms with Crippen LogP contribution in [0.15, 0.2) is 54.6 Å². The predicted molar refractivity (Wildman–Crippen MR) is 104 cm³/mol. The van der Waals surface area contributed by atoms with E-state index in [2.05, 4.69) is 12.1 Å². The molecule has 4 heteroatoms. The third kappa shape index (κ3) is 4.07. The second-order valence-corrected chi connectivity index (χ2v) is 7.09. The molecule has 1 saturated heterocycles. The number of likely N-dealkylation sites (tertiary alicyclic amines) is 1. The quantitative estimate of drug-likeness (QED) is 0.867. The molecular formula is C22H28N2O2. The highest BCUT2D eigenvalue weighted by Crippen LogP contribution is 2.32. The fraction of sp³-hybridized carbons (Fsp3) is 0.409. The maximum atomic E-state index is 13.1. The third-order valence-electron chi connectivity index (χ3n) is 5.20. The first-order valence-electron chi connectivity index (χ1n) is 9.39. The van der Waals surface area contributed by atoms with E-state index in [0.717, 1.165) is 11.3 Å². The van der Waals surface area contributed by atoms with Gasteiger partial charge in [-0.1, -0.05) is 49.4 Å². The van der Waals surface area contributed by atoms with Crippen molar-refractivity contribution in [3.8, 4) is 5.75 Å². The molecule has 2 N–H and O–H groups in total. The molecule has 0 radical (unpaired) electrons. The highest BCUT2D eigenvalue weighted by atomic mass is 16.5. The van der Waals surface area contributed by atoms with Gasteiger partial charge in [0, 0.05) is 19.0 Å². The second-order valence-electron chi connectivity index (χ2n) is 7.09. The molecule has 26 heavy (non-hydrogen) atoms. The van der Waals surface area contributed by atoms with Crippen molar-refractivity contribution in [3.63, 3.8) is 0 Å². The van der Waals surface area contributed by atoms with E-state index in [4.69, 9.17) is 10.5 Å². The first-order valence-corrected chi connectivity index (χ1v) is 9.39. The molecule has 0 bridgehead atoms. The zero-order valence-corrected chi connectivity index (χ0v) is 15.6. The molecule has 1 amide bonds. The number of carbonyl (C=O) groups excluding carboxylic acids is 1. The van der Waals surface area contributed by atoms with E-state index in [-0.39, 0.29) is 11.8 Å². The van der Waals surface area contributed by atoms with Gasteiger partial charge in [-0.3, -0.25) is 4.79 Å². The summed E-state index contributed by atoms with van der Waals surface area (Å²) in [4.78, 5) is 15.0. The van der Waals surface area contributed by atoms with E-state index >= 15 is 0 Å². The third-order valence-corrected chi connectivity index (χ3v) is 5.20. The summed E-state index contributed by atoms with van der Waals surface area (Å²) in [5.74, 6) is 1.39. The number of benzene rings is 2. The van der Waals surface area contributed by atoms with Crippen LogP contribution in [0.2, 0.25) is 0 Å². The largest absolute Gasteiger partial charge is 0.481 e. The van der Waals surface area contributed by atoms with Crippen molar-refractivity contribution in [1.82, 2.24) is 4.90 Å². The average Bonchev–Trinajstić information content (AvgIpc) is 3.11. The molecule has 4 nitrogen and oxygen atoms in total. The van der Waals surface area contributed by atoms with Gasteiger partial charge in [-0.15, -0.1) is 0 Å². The number of nitrogens with two attached hydrogens (primary N) is 1. The summed E-state index contributed by atoms with van der Waals surface area (Å²) in [7, 11) is 0. The number of nitrogens with zero attached hydrogens (tertiary/aromatic N) is 1. The molecule has 0 aliphatic carbocycles. The van der Waals surface area contributed by atoms with Crippen LogP contribution in [0, 0.1) is 12.8 Å². The number of aryl methyl sites for hydroxylation is 1. The summed E-state index contributed by atoms with van der Waals surface area (Å²) < 4.78 is 6.01. The summed E-state index contributed by atoms with van der Waals surface area (Å²) in [5.41, 5.74) is 8.38. The molecule has 2 aromatic rings. The van der Waals surface area contributed by atoms with Crippen LogP contribution in [0.5, 0.6) is 5.75 Å². The molecule has 1 heterocycles. The van der Waals surface area contributed by atoms with Gasteiger partial charge in [-0.25, -0.2) is 0 Å². The highest BCUT2D eigenvalue weighted by Gasteiger charge is 2.37. The minimum Gasteiger partial charge on any atom is -0.481 e. The van der Waals surface area contributed by atoms with Gasteiger partial charge in [0.15, 0.2) is 6.10 Å². The molecule has 0 saturated carbocycles. The number of rotatable bonds is 6. The van der Waals surface area contributed by atoms with Gasteiger partial charge in [0.1, 0.15) is 5.75 Å². The lowest BCUT2D eigenvalue weighted by Gasteiger charge is -2.24. The van der Waals surface area contributed by atoms with Gasteiger partial charge in [0.25, 0.3) is 5.91 Å². The summed E-state index contributed by atoms with van der Waals surface area (Å²) in [6, 6.07) is 18.2. The lowest BCUT2D eigenvalue weighted by atomic mass is 9.89. The highest BCUT2D eigenvalue weighted by molar-refractivity contribution is 5.81. The molecule has 0 aromatic heterocycles. The van der Waals surface area contributed by atoms with E-state index in [1.165, 1.54) is 5.56 Å². The van der Waals surface area contributed by atoms with Crippen LogP contribution in [-0.4, -0.2) is 36.5 Å². The van der Waals surface area contributed by atoms with Crippen molar-refractivity contribution in [2.24, 2.45) is 11.7 Å². The monoisotopic (exact) mass is 352 g/mol. The van der Waals surface area contributed by atoms with Crippen LogP contribution >= 0.6 is 0 Å². The first kappa shape index (κ1) is 18.5. The Morgan fingerprint density at radius 2 is 1.96 bits per heavy atom. The Balaban J connectivity index is 1.72. The average molecular weight is 352 g/mol. The summed E-state index contributed by atoms with van der Waals surface area (Å²) in [5, 5.41) is 0. The van der Waals surface area contributed by atoms with E-state index in [1.807, 2.05) is 61.2 Å². The van der Waals surface area contributed by atoms with Crippen LogP contribution in [0.1, 0.15) is 30.4 Å². The molecule has 1 aliphatic rings. The molecule has 138 valence electrons. The molecular weight excluding hydrogens is 324 g/mol. The Labute approximate surface area is 156 Å². The maximum absolute atomic E-state index is 13.1. The van der Waals surface area contributed by atoms with Crippen molar-refractivity contribution in [1.29, 1.82) is 0 Å². The zero-order valence-electron chi connectivity index (χ0n) is 15.6. The summed E-state index contributed by atoms with van der Waals surface area (Å²) >= 11 is 0. The normalized spacial score (nSPS) is 20.8. The molecule has 2 aromatic carbocycles.